The van der Waals surface area contributed by atoms with Crippen LogP contribution < -0.4 is 5.32 Å². The Bertz CT molecular complexity index is 843. The number of imidazole rings is 1. The van der Waals surface area contributed by atoms with Crippen LogP contribution in [0, 0.1) is 0 Å². The second-order valence-electron chi connectivity index (χ2n) is 6.29. The van der Waals surface area contributed by atoms with Gasteiger partial charge in [-0.15, -0.1) is 0 Å². The van der Waals surface area contributed by atoms with Crippen molar-refractivity contribution in [3.63, 3.8) is 0 Å². The highest BCUT2D eigenvalue weighted by Crippen LogP contribution is 2.18. The minimum absolute atomic E-state index is 0.0786. The molecule has 1 aromatic heterocycles. The molecule has 1 amide bonds. The van der Waals surface area contributed by atoms with Gasteiger partial charge in [0, 0.05) is 26.6 Å². The lowest BCUT2D eigenvalue weighted by Gasteiger charge is -2.10. The van der Waals surface area contributed by atoms with Crippen molar-refractivity contribution >= 4 is 16.9 Å². The van der Waals surface area contributed by atoms with Crippen LogP contribution in [-0.2, 0) is 28.9 Å². The number of carbonyl (C=O) groups is 1. The van der Waals surface area contributed by atoms with E-state index in [9.17, 15) is 4.79 Å². The number of nitrogens with zero attached hydrogens (tertiary/aromatic N) is 2. The molecule has 3 rings (SSSR count). The maximum atomic E-state index is 11.5. The van der Waals surface area contributed by atoms with Crippen molar-refractivity contribution in [3.05, 3.63) is 66.0 Å². The fourth-order valence-electron chi connectivity index (χ4n) is 3.11. The first kappa shape index (κ1) is 18.1. The van der Waals surface area contributed by atoms with E-state index in [1.807, 2.05) is 12.1 Å². The highest BCUT2D eigenvalue weighted by Gasteiger charge is 2.10. The first-order valence-corrected chi connectivity index (χ1v) is 9.01. The molecule has 3 aromatic rings. The number of methoxy groups -OCH3 is 1. The standard InChI is InChI=1S/C21H25N3O2/c1-26-16-21(25)22-14-7-12-20-23-18-10-5-6-11-19(18)24(20)15-13-17-8-3-2-4-9-17/h2-6,8-11H,7,12-16H2,1H3,(H,22,25). The molecule has 0 radical (unpaired) electrons. The van der Waals surface area contributed by atoms with E-state index in [0.717, 1.165) is 37.1 Å². The normalized spacial score (nSPS) is 11.0. The number of para-hydroxylation sites is 2. The zero-order valence-corrected chi connectivity index (χ0v) is 15.1. The van der Waals surface area contributed by atoms with Gasteiger partial charge in [0.15, 0.2) is 0 Å². The van der Waals surface area contributed by atoms with Crippen molar-refractivity contribution in [2.24, 2.45) is 0 Å². The van der Waals surface area contributed by atoms with Crippen molar-refractivity contribution in [1.29, 1.82) is 0 Å². The number of fused-ring (bicyclic) bond motifs is 1. The molecule has 0 saturated carbocycles. The van der Waals surface area contributed by atoms with Crippen LogP contribution in [-0.4, -0.2) is 35.7 Å². The van der Waals surface area contributed by atoms with Crippen LogP contribution in [0.4, 0.5) is 0 Å². The molecule has 0 bridgehead atoms. The van der Waals surface area contributed by atoms with Crippen LogP contribution >= 0.6 is 0 Å². The molecule has 0 spiro atoms. The third-order valence-electron chi connectivity index (χ3n) is 4.38. The van der Waals surface area contributed by atoms with E-state index in [4.69, 9.17) is 9.72 Å². The summed E-state index contributed by atoms with van der Waals surface area (Å²) in [4.78, 5) is 16.3. The highest BCUT2D eigenvalue weighted by molar-refractivity contribution is 5.77. The number of ether oxygens (including phenoxy) is 1. The van der Waals surface area contributed by atoms with E-state index in [1.165, 1.54) is 18.2 Å². The van der Waals surface area contributed by atoms with Gasteiger partial charge in [0.2, 0.25) is 5.91 Å². The van der Waals surface area contributed by atoms with E-state index in [-0.39, 0.29) is 12.5 Å². The topological polar surface area (TPSA) is 56.1 Å². The van der Waals surface area contributed by atoms with E-state index >= 15 is 0 Å². The van der Waals surface area contributed by atoms with Crippen LogP contribution in [0.3, 0.4) is 0 Å². The monoisotopic (exact) mass is 351 g/mol. The molecule has 0 fully saturated rings. The molecule has 2 aromatic carbocycles. The largest absolute Gasteiger partial charge is 0.375 e. The summed E-state index contributed by atoms with van der Waals surface area (Å²) < 4.78 is 7.13. The number of aryl methyl sites for hydroxylation is 3. The molecule has 0 aliphatic rings. The van der Waals surface area contributed by atoms with E-state index < -0.39 is 0 Å². The van der Waals surface area contributed by atoms with Crippen molar-refractivity contribution in [2.45, 2.75) is 25.8 Å². The summed E-state index contributed by atoms with van der Waals surface area (Å²) in [6.07, 6.45) is 2.65. The zero-order valence-electron chi connectivity index (χ0n) is 15.1. The van der Waals surface area contributed by atoms with Gasteiger partial charge in [-0.3, -0.25) is 4.79 Å². The molecule has 0 atom stereocenters. The Labute approximate surface area is 154 Å². The number of hydrogen-bond donors (Lipinski definition) is 1. The van der Waals surface area contributed by atoms with Crippen molar-refractivity contribution in [1.82, 2.24) is 14.9 Å². The lowest BCUT2D eigenvalue weighted by molar-refractivity contribution is -0.124. The van der Waals surface area contributed by atoms with E-state index in [0.29, 0.717) is 6.54 Å². The average molecular weight is 351 g/mol. The second kappa shape index (κ2) is 9.15. The lowest BCUT2D eigenvalue weighted by atomic mass is 10.1. The summed E-state index contributed by atoms with van der Waals surface area (Å²) in [5.41, 5.74) is 3.52. The fourth-order valence-corrected chi connectivity index (χ4v) is 3.11. The van der Waals surface area contributed by atoms with Gasteiger partial charge in [0.05, 0.1) is 11.0 Å². The number of rotatable bonds is 9. The van der Waals surface area contributed by atoms with E-state index in [2.05, 4.69) is 52.3 Å². The van der Waals surface area contributed by atoms with Crippen LogP contribution in [0.2, 0.25) is 0 Å². The molecular weight excluding hydrogens is 326 g/mol. The lowest BCUT2D eigenvalue weighted by Crippen LogP contribution is -2.28. The average Bonchev–Trinajstić information content (AvgIpc) is 3.02. The van der Waals surface area contributed by atoms with Gasteiger partial charge in [-0.25, -0.2) is 4.98 Å². The summed E-state index contributed by atoms with van der Waals surface area (Å²) in [5.74, 6) is 0.994. The number of amides is 1. The molecule has 0 aliphatic heterocycles. The Kier molecular flexibility index (Phi) is 6.39. The van der Waals surface area contributed by atoms with Crippen molar-refractivity contribution in [2.75, 3.05) is 20.3 Å². The summed E-state index contributed by atoms with van der Waals surface area (Å²) in [6.45, 7) is 1.63. The molecule has 5 heteroatoms. The van der Waals surface area contributed by atoms with E-state index in [1.54, 1.807) is 0 Å². The summed E-state index contributed by atoms with van der Waals surface area (Å²) in [6, 6.07) is 18.8. The zero-order chi connectivity index (χ0) is 18.2. The summed E-state index contributed by atoms with van der Waals surface area (Å²) >= 11 is 0. The van der Waals surface area contributed by atoms with Gasteiger partial charge < -0.3 is 14.6 Å². The van der Waals surface area contributed by atoms with Crippen LogP contribution in [0.25, 0.3) is 11.0 Å². The van der Waals surface area contributed by atoms with Crippen LogP contribution in [0.15, 0.2) is 54.6 Å². The Balaban J connectivity index is 1.67. The van der Waals surface area contributed by atoms with Crippen LogP contribution in [0.1, 0.15) is 17.8 Å². The molecule has 26 heavy (non-hydrogen) atoms. The Morgan fingerprint density at radius 3 is 2.65 bits per heavy atom. The SMILES string of the molecule is COCC(=O)NCCCc1nc2ccccc2n1CCc1ccccc1. The molecule has 1 N–H and O–H groups in total. The predicted molar refractivity (Wildman–Crippen MR) is 103 cm³/mol. The summed E-state index contributed by atoms with van der Waals surface area (Å²) in [7, 11) is 1.52. The fraction of sp³-hybridized carbons (Fsp3) is 0.333. The number of benzene rings is 2. The first-order chi connectivity index (χ1) is 12.8. The van der Waals surface area contributed by atoms with Gasteiger partial charge in [0.25, 0.3) is 0 Å². The number of aromatic nitrogens is 2. The van der Waals surface area contributed by atoms with Crippen molar-refractivity contribution < 1.29 is 9.53 Å². The number of nitrogens with one attached hydrogen (secondary N) is 1. The maximum Gasteiger partial charge on any atom is 0.245 e. The molecule has 0 saturated heterocycles. The van der Waals surface area contributed by atoms with Crippen molar-refractivity contribution in [3.8, 4) is 0 Å². The maximum absolute atomic E-state index is 11.5. The first-order valence-electron chi connectivity index (χ1n) is 9.01. The minimum atomic E-state index is -0.0786. The molecule has 136 valence electrons. The van der Waals surface area contributed by atoms with Gasteiger partial charge in [-0.1, -0.05) is 42.5 Å². The molecule has 1 heterocycles. The number of carbonyl (C=O) groups excluding carboxylic acids is 1. The summed E-state index contributed by atoms with van der Waals surface area (Å²) in [5, 5.41) is 2.86. The van der Waals surface area contributed by atoms with Gasteiger partial charge in [-0.05, 0) is 30.5 Å². The second-order valence-corrected chi connectivity index (χ2v) is 6.29. The Morgan fingerprint density at radius 2 is 1.85 bits per heavy atom. The predicted octanol–water partition coefficient (Wildman–Crippen LogP) is 2.97. The highest BCUT2D eigenvalue weighted by atomic mass is 16.5. The Hall–Kier alpha value is -2.66. The van der Waals surface area contributed by atoms with Gasteiger partial charge in [-0.2, -0.15) is 0 Å². The minimum Gasteiger partial charge on any atom is -0.375 e. The Morgan fingerprint density at radius 1 is 1.08 bits per heavy atom. The molecular formula is C21H25N3O2. The number of hydrogen-bond acceptors (Lipinski definition) is 3. The molecule has 0 unspecified atom stereocenters. The van der Waals surface area contributed by atoms with Gasteiger partial charge >= 0.3 is 0 Å². The molecule has 0 aliphatic carbocycles. The molecule has 5 nitrogen and oxygen atoms in total. The smallest absolute Gasteiger partial charge is 0.245 e. The van der Waals surface area contributed by atoms with Crippen LogP contribution in [0.5, 0.6) is 0 Å². The quantitative estimate of drug-likeness (QED) is 0.603. The third-order valence-corrected chi connectivity index (χ3v) is 4.38. The third kappa shape index (κ3) is 4.70. The van der Waals surface area contributed by atoms with Gasteiger partial charge in [0.1, 0.15) is 12.4 Å².